The Kier molecular flexibility index (Phi) is 4.58. The summed E-state index contributed by atoms with van der Waals surface area (Å²) in [5.74, 6) is 0. The Labute approximate surface area is 123 Å². The van der Waals surface area contributed by atoms with Gasteiger partial charge in [0.15, 0.2) is 3.58 Å². The maximum atomic E-state index is 6.10. The fourth-order valence-corrected chi connectivity index (χ4v) is 43.8. The lowest BCUT2D eigenvalue weighted by molar-refractivity contribution is 1.46. The van der Waals surface area contributed by atoms with Gasteiger partial charge in [-0.15, -0.1) is 89.7 Å². The third kappa shape index (κ3) is 2.69. The van der Waals surface area contributed by atoms with E-state index in [9.17, 15) is 0 Å². The monoisotopic (exact) mass is 404 g/mol. The van der Waals surface area contributed by atoms with Gasteiger partial charge in [-0.2, -0.15) is 0 Å². The van der Waals surface area contributed by atoms with Crippen LogP contribution in [-0.2, 0) is 0 Å². The third-order valence-corrected chi connectivity index (χ3v) is 35.1. The molecule has 14 heavy (non-hydrogen) atoms. The Morgan fingerprint density at radius 2 is 1.00 bits per heavy atom. The third-order valence-electron chi connectivity index (χ3n) is 1.88. The highest BCUT2D eigenvalue weighted by Gasteiger charge is 2.72. The number of hydrogen-bond acceptors (Lipinski definition) is 0. The van der Waals surface area contributed by atoms with E-state index >= 15 is 0 Å². The summed E-state index contributed by atoms with van der Waals surface area (Å²) < 4.78 is -1.42. The molecule has 0 nitrogen and oxygen atoms in total. The summed E-state index contributed by atoms with van der Waals surface area (Å²) in [6.07, 6.45) is 0. The maximum absolute atomic E-state index is 6.10. The molecule has 0 aliphatic carbocycles. The molecule has 84 valence electrons. The van der Waals surface area contributed by atoms with Crippen LogP contribution >= 0.6 is 89.7 Å². The first-order valence-corrected chi connectivity index (χ1v) is 17.1. The van der Waals surface area contributed by atoms with E-state index < -0.39 is 23.7 Å². The van der Waals surface area contributed by atoms with Crippen LogP contribution in [0.25, 0.3) is 0 Å². The molecule has 0 unspecified atom stereocenters. The first-order valence-electron chi connectivity index (χ1n) is 3.43. The van der Waals surface area contributed by atoms with E-state index in [1.807, 2.05) is 0 Å². The van der Waals surface area contributed by atoms with Gasteiger partial charge in [0.25, 0.3) is 20.1 Å². The minimum absolute atomic E-state index is 0.285. The summed E-state index contributed by atoms with van der Waals surface area (Å²) in [6.45, 7) is -8.61. The van der Waals surface area contributed by atoms with Gasteiger partial charge in [0, 0.05) is 0 Å². The molecular formula is C3H4Cl8Si3. The standard InChI is InChI=1S/C3H4Cl8Si3/c4-3(5)13(8,9)1-12(6,7)2-14(3,10)11/h1-2H2. The Bertz CT molecular complexity index is 226. The molecule has 0 aromatic rings. The van der Waals surface area contributed by atoms with Gasteiger partial charge < -0.3 is 0 Å². The molecule has 0 radical (unpaired) electrons. The molecule has 1 saturated heterocycles. The minimum atomic E-state index is -3.02. The van der Waals surface area contributed by atoms with E-state index in [2.05, 4.69) is 0 Å². The molecule has 0 spiro atoms. The van der Waals surface area contributed by atoms with Crippen LogP contribution in [0, 0.1) is 0 Å². The quantitative estimate of drug-likeness (QED) is 0.298. The van der Waals surface area contributed by atoms with Crippen LogP contribution in [0.3, 0.4) is 0 Å². The first-order chi connectivity index (χ1) is 5.91. The van der Waals surface area contributed by atoms with Gasteiger partial charge in [-0.3, -0.25) is 0 Å². The number of alkyl halides is 2. The molecule has 1 aliphatic heterocycles. The van der Waals surface area contributed by atoms with E-state index in [0.717, 1.165) is 0 Å². The fourth-order valence-electron chi connectivity index (χ4n) is 1.20. The molecule has 0 bridgehead atoms. The molecule has 0 atom stereocenters. The Morgan fingerprint density at radius 1 is 0.714 bits per heavy atom. The molecule has 0 aromatic carbocycles. The molecule has 0 saturated carbocycles. The smallest absolute Gasteiger partial charge is 0.146 e. The van der Waals surface area contributed by atoms with Crippen LogP contribution < -0.4 is 0 Å². The van der Waals surface area contributed by atoms with Gasteiger partial charge in [-0.1, -0.05) is 0 Å². The van der Waals surface area contributed by atoms with Crippen LogP contribution in [-0.4, -0.2) is 23.7 Å². The topological polar surface area (TPSA) is 0 Å². The molecule has 0 aromatic heterocycles. The molecule has 1 aliphatic rings. The van der Waals surface area contributed by atoms with Gasteiger partial charge in [-0.05, 0) is 11.3 Å². The average molecular weight is 408 g/mol. The lowest BCUT2D eigenvalue weighted by Gasteiger charge is -2.45. The SMILES string of the molecule is ClC1(Cl)[Si](Cl)(Cl)C[Si](Cl)(Cl)C[Si]1(Cl)Cl. The van der Waals surface area contributed by atoms with Crippen molar-refractivity contribution in [1.82, 2.24) is 0 Å². The molecule has 0 amide bonds. The molecular weight excluding hydrogens is 404 g/mol. The average Bonchev–Trinajstić information content (AvgIpc) is 1.77. The van der Waals surface area contributed by atoms with E-state index in [0.29, 0.717) is 0 Å². The van der Waals surface area contributed by atoms with Gasteiger partial charge in [-0.25, -0.2) is 0 Å². The van der Waals surface area contributed by atoms with Crippen LogP contribution in [0.2, 0.25) is 11.3 Å². The van der Waals surface area contributed by atoms with E-state index in [1.54, 1.807) is 0 Å². The van der Waals surface area contributed by atoms with Crippen LogP contribution in [0.4, 0.5) is 0 Å². The summed E-state index contributed by atoms with van der Waals surface area (Å²) in [4.78, 5) is 0. The molecule has 1 heterocycles. The van der Waals surface area contributed by atoms with E-state index in [-0.39, 0.29) is 11.3 Å². The number of rotatable bonds is 0. The van der Waals surface area contributed by atoms with Crippen LogP contribution in [0.5, 0.6) is 0 Å². The Morgan fingerprint density at radius 3 is 1.29 bits per heavy atom. The van der Waals surface area contributed by atoms with E-state index in [1.165, 1.54) is 0 Å². The van der Waals surface area contributed by atoms with Gasteiger partial charge in [0.2, 0.25) is 0 Å². The Hall–Kier alpha value is 2.97. The first kappa shape index (κ1) is 15.0. The van der Waals surface area contributed by atoms with Crippen molar-refractivity contribution in [1.29, 1.82) is 0 Å². The fraction of sp³-hybridized carbons (Fsp3) is 1.00. The summed E-state index contributed by atoms with van der Waals surface area (Å²) in [5, 5.41) is 0. The van der Waals surface area contributed by atoms with Crippen molar-refractivity contribution in [2.24, 2.45) is 0 Å². The van der Waals surface area contributed by atoms with E-state index in [4.69, 9.17) is 89.7 Å². The Balaban J connectivity index is 3.13. The van der Waals surface area contributed by atoms with Crippen molar-refractivity contribution < 1.29 is 0 Å². The summed E-state index contributed by atoms with van der Waals surface area (Å²) in [7, 11) is 0. The summed E-state index contributed by atoms with van der Waals surface area (Å²) in [5.41, 5.74) is 0.570. The number of halogens is 8. The highest BCUT2D eigenvalue weighted by Crippen LogP contribution is 2.59. The lowest BCUT2D eigenvalue weighted by Crippen LogP contribution is -2.65. The summed E-state index contributed by atoms with van der Waals surface area (Å²) in [6, 6.07) is 0. The summed E-state index contributed by atoms with van der Waals surface area (Å²) >= 11 is 48.7. The van der Waals surface area contributed by atoms with Gasteiger partial charge in [0.1, 0.15) is 0 Å². The van der Waals surface area contributed by atoms with Crippen molar-refractivity contribution in [3.8, 4) is 0 Å². The van der Waals surface area contributed by atoms with Crippen molar-refractivity contribution in [3.05, 3.63) is 0 Å². The van der Waals surface area contributed by atoms with Gasteiger partial charge in [0.05, 0.1) is 0 Å². The van der Waals surface area contributed by atoms with Crippen molar-refractivity contribution >= 4 is 110 Å². The maximum Gasteiger partial charge on any atom is 0.286 e. The molecule has 1 fully saturated rings. The zero-order valence-corrected chi connectivity index (χ0v) is 15.5. The second-order valence-corrected chi connectivity index (χ2v) is 29.0. The van der Waals surface area contributed by atoms with Crippen LogP contribution in [0.1, 0.15) is 0 Å². The van der Waals surface area contributed by atoms with Crippen molar-refractivity contribution in [2.45, 2.75) is 14.9 Å². The second kappa shape index (κ2) is 4.26. The highest BCUT2D eigenvalue weighted by atomic mass is 35.7. The van der Waals surface area contributed by atoms with Gasteiger partial charge >= 0.3 is 0 Å². The normalized spacial score (nSPS) is 32.6. The van der Waals surface area contributed by atoms with Crippen molar-refractivity contribution in [3.63, 3.8) is 0 Å². The van der Waals surface area contributed by atoms with Crippen LogP contribution in [0.15, 0.2) is 0 Å². The molecule has 1 rings (SSSR count). The molecule has 11 heteroatoms. The second-order valence-electron chi connectivity index (χ2n) is 3.19. The predicted molar refractivity (Wildman–Crippen MR) is 76.4 cm³/mol. The largest absolute Gasteiger partial charge is 0.286 e. The zero-order valence-electron chi connectivity index (χ0n) is 6.44. The minimum Gasteiger partial charge on any atom is -0.146 e. The highest BCUT2D eigenvalue weighted by molar-refractivity contribution is 7.72. The number of hydrogen-bond donors (Lipinski definition) is 0. The van der Waals surface area contributed by atoms with Crippen molar-refractivity contribution in [2.75, 3.05) is 0 Å². The lowest BCUT2D eigenvalue weighted by atomic mass is 11.7. The zero-order chi connectivity index (χ0) is 11.4. The predicted octanol–water partition coefficient (Wildman–Crippen LogP) is 5.09. The molecule has 0 N–H and O–H groups in total.